The monoisotopic (exact) mass is 288 g/mol. The number of carbonyl (C=O) groups excluding carboxylic acids is 1. The first-order valence-electron chi connectivity index (χ1n) is 7.21. The smallest absolute Gasteiger partial charge is 0.338 e. The molecule has 0 N–H and O–H groups in total. The average molecular weight is 288 g/mol. The molecule has 4 heteroatoms. The van der Waals surface area contributed by atoms with Gasteiger partial charge in [0.2, 0.25) is 0 Å². The van der Waals surface area contributed by atoms with E-state index in [4.69, 9.17) is 9.47 Å². The van der Waals surface area contributed by atoms with E-state index >= 15 is 0 Å². The van der Waals surface area contributed by atoms with Gasteiger partial charge in [0.05, 0.1) is 11.7 Å². The molecular formula is C17H17FO3. The van der Waals surface area contributed by atoms with E-state index in [0.717, 1.165) is 25.9 Å². The number of ether oxygens (including phenoxy) is 2. The first-order chi connectivity index (χ1) is 10.3. The summed E-state index contributed by atoms with van der Waals surface area (Å²) in [4.78, 5) is 12.2. The summed E-state index contributed by atoms with van der Waals surface area (Å²) in [5, 5.41) is 1.01. The van der Waals surface area contributed by atoms with E-state index in [0.29, 0.717) is 16.3 Å². The van der Waals surface area contributed by atoms with Crippen LogP contribution >= 0.6 is 0 Å². The van der Waals surface area contributed by atoms with E-state index in [1.54, 1.807) is 24.3 Å². The van der Waals surface area contributed by atoms with Crippen molar-refractivity contribution in [2.75, 3.05) is 13.2 Å². The molecule has 3 nitrogen and oxygen atoms in total. The highest BCUT2D eigenvalue weighted by atomic mass is 19.1. The van der Waals surface area contributed by atoms with E-state index < -0.39 is 5.97 Å². The maximum absolute atomic E-state index is 13.7. The third-order valence-electron chi connectivity index (χ3n) is 3.77. The Hall–Kier alpha value is -1.94. The van der Waals surface area contributed by atoms with Gasteiger partial charge in [-0.15, -0.1) is 0 Å². The second-order valence-corrected chi connectivity index (χ2v) is 5.23. The highest BCUT2D eigenvalue weighted by Gasteiger charge is 2.18. The number of halogens is 1. The molecule has 0 radical (unpaired) electrons. The van der Waals surface area contributed by atoms with Gasteiger partial charge < -0.3 is 9.47 Å². The number of hydrogen-bond acceptors (Lipinski definition) is 3. The summed E-state index contributed by atoms with van der Waals surface area (Å²) in [5.74, 6) is -0.766. The van der Waals surface area contributed by atoms with Crippen LogP contribution in [0.15, 0.2) is 36.4 Å². The van der Waals surface area contributed by atoms with Crippen LogP contribution in [0, 0.1) is 5.82 Å². The van der Waals surface area contributed by atoms with E-state index in [-0.39, 0.29) is 18.5 Å². The van der Waals surface area contributed by atoms with Gasteiger partial charge in [-0.3, -0.25) is 0 Å². The molecule has 110 valence electrons. The zero-order valence-electron chi connectivity index (χ0n) is 11.7. The summed E-state index contributed by atoms with van der Waals surface area (Å²) in [7, 11) is 0. The van der Waals surface area contributed by atoms with Gasteiger partial charge in [-0.05, 0) is 36.8 Å². The lowest BCUT2D eigenvalue weighted by atomic mass is 10.0. The Balaban J connectivity index is 1.77. The lowest BCUT2D eigenvalue weighted by Gasteiger charge is -2.22. The van der Waals surface area contributed by atoms with Crippen LogP contribution in [0.25, 0.3) is 10.8 Å². The Morgan fingerprint density at radius 1 is 1.19 bits per heavy atom. The van der Waals surface area contributed by atoms with E-state index in [1.165, 1.54) is 12.1 Å². The molecule has 2 aromatic rings. The minimum absolute atomic E-state index is 0.0191. The van der Waals surface area contributed by atoms with Gasteiger partial charge in [0, 0.05) is 12.0 Å². The topological polar surface area (TPSA) is 35.5 Å². The molecule has 1 unspecified atom stereocenters. The van der Waals surface area contributed by atoms with Crippen molar-refractivity contribution >= 4 is 16.7 Å². The molecule has 1 fully saturated rings. The fraction of sp³-hybridized carbons (Fsp3) is 0.353. The lowest BCUT2D eigenvalue weighted by Crippen LogP contribution is -2.26. The zero-order valence-corrected chi connectivity index (χ0v) is 11.7. The normalized spacial score (nSPS) is 18.6. The van der Waals surface area contributed by atoms with Gasteiger partial charge in [0.25, 0.3) is 0 Å². The van der Waals surface area contributed by atoms with E-state index in [1.807, 2.05) is 0 Å². The second kappa shape index (κ2) is 6.22. The molecule has 0 aromatic heterocycles. The Bertz CT molecular complexity index is 648. The molecule has 0 aliphatic carbocycles. The number of esters is 1. The molecule has 2 aromatic carbocycles. The van der Waals surface area contributed by atoms with Crippen molar-refractivity contribution in [2.45, 2.75) is 25.4 Å². The molecule has 1 atom stereocenters. The third kappa shape index (κ3) is 3.05. The van der Waals surface area contributed by atoms with Crippen LogP contribution in [-0.2, 0) is 9.47 Å². The van der Waals surface area contributed by atoms with Crippen LogP contribution in [0.3, 0.4) is 0 Å². The SMILES string of the molecule is O=C(OCC1CCCCO1)c1ccc(F)c2ccccc12. The standard InChI is InChI=1S/C17H17FO3/c18-16-9-8-15(13-6-1-2-7-14(13)16)17(19)21-11-12-5-3-4-10-20-12/h1-2,6-9,12H,3-5,10-11H2. The van der Waals surface area contributed by atoms with Crippen LogP contribution in [0.4, 0.5) is 4.39 Å². The Morgan fingerprint density at radius 2 is 2.00 bits per heavy atom. The Kier molecular flexibility index (Phi) is 4.15. The average Bonchev–Trinajstić information content (AvgIpc) is 2.54. The van der Waals surface area contributed by atoms with Crippen LogP contribution in [0.1, 0.15) is 29.6 Å². The van der Waals surface area contributed by atoms with Crippen molar-refractivity contribution in [2.24, 2.45) is 0 Å². The number of rotatable bonds is 3. The quantitative estimate of drug-likeness (QED) is 0.808. The minimum atomic E-state index is -0.430. The summed E-state index contributed by atoms with van der Waals surface area (Å²) in [6.45, 7) is 0.978. The maximum Gasteiger partial charge on any atom is 0.338 e. The van der Waals surface area contributed by atoms with Gasteiger partial charge in [-0.25, -0.2) is 9.18 Å². The molecule has 0 amide bonds. The lowest BCUT2D eigenvalue weighted by molar-refractivity contribution is -0.0299. The first-order valence-corrected chi connectivity index (χ1v) is 7.21. The summed E-state index contributed by atoms with van der Waals surface area (Å²) in [5.41, 5.74) is 0.391. The summed E-state index contributed by atoms with van der Waals surface area (Å²) in [6.07, 6.45) is 3.06. The van der Waals surface area contributed by atoms with E-state index in [2.05, 4.69) is 0 Å². The molecule has 3 rings (SSSR count). The Morgan fingerprint density at radius 3 is 2.76 bits per heavy atom. The largest absolute Gasteiger partial charge is 0.459 e. The predicted molar refractivity (Wildman–Crippen MR) is 77.8 cm³/mol. The molecule has 21 heavy (non-hydrogen) atoms. The molecule has 1 aliphatic heterocycles. The first kappa shape index (κ1) is 14.0. The van der Waals surface area contributed by atoms with Gasteiger partial charge in [-0.2, -0.15) is 0 Å². The van der Waals surface area contributed by atoms with Crippen molar-refractivity contribution in [3.8, 4) is 0 Å². The van der Waals surface area contributed by atoms with Crippen molar-refractivity contribution < 1.29 is 18.7 Å². The van der Waals surface area contributed by atoms with Crippen LogP contribution in [-0.4, -0.2) is 25.3 Å². The van der Waals surface area contributed by atoms with Crippen LogP contribution in [0.5, 0.6) is 0 Å². The van der Waals surface area contributed by atoms with Crippen molar-refractivity contribution in [3.63, 3.8) is 0 Å². The molecule has 0 bridgehead atoms. The number of hydrogen-bond donors (Lipinski definition) is 0. The van der Waals surface area contributed by atoms with Crippen molar-refractivity contribution in [3.05, 3.63) is 47.8 Å². The van der Waals surface area contributed by atoms with Gasteiger partial charge in [-0.1, -0.05) is 24.3 Å². The molecule has 0 saturated carbocycles. The highest BCUT2D eigenvalue weighted by molar-refractivity contribution is 6.04. The molecule has 1 saturated heterocycles. The van der Waals surface area contributed by atoms with Gasteiger partial charge in [0.15, 0.2) is 0 Å². The van der Waals surface area contributed by atoms with Gasteiger partial charge >= 0.3 is 5.97 Å². The van der Waals surface area contributed by atoms with Crippen molar-refractivity contribution in [1.29, 1.82) is 0 Å². The molecule has 1 heterocycles. The fourth-order valence-electron chi connectivity index (χ4n) is 2.63. The molecule has 1 aliphatic rings. The van der Waals surface area contributed by atoms with Crippen LogP contribution < -0.4 is 0 Å². The second-order valence-electron chi connectivity index (χ2n) is 5.23. The number of benzene rings is 2. The predicted octanol–water partition coefficient (Wildman–Crippen LogP) is 3.70. The summed E-state index contributed by atoms with van der Waals surface area (Å²) < 4.78 is 24.6. The zero-order chi connectivity index (χ0) is 14.7. The third-order valence-corrected chi connectivity index (χ3v) is 3.77. The van der Waals surface area contributed by atoms with Gasteiger partial charge in [0.1, 0.15) is 12.4 Å². The highest BCUT2D eigenvalue weighted by Crippen LogP contribution is 2.23. The van der Waals surface area contributed by atoms with Crippen LogP contribution in [0.2, 0.25) is 0 Å². The molecule has 0 spiro atoms. The number of carbonyl (C=O) groups is 1. The number of fused-ring (bicyclic) bond motifs is 1. The molecular weight excluding hydrogens is 271 g/mol. The maximum atomic E-state index is 13.7. The Labute approximate surface area is 122 Å². The minimum Gasteiger partial charge on any atom is -0.459 e. The fourth-order valence-corrected chi connectivity index (χ4v) is 2.63. The van der Waals surface area contributed by atoms with E-state index in [9.17, 15) is 9.18 Å². The van der Waals surface area contributed by atoms with Crippen molar-refractivity contribution in [1.82, 2.24) is 0 Å². The summed E-state index contributed by atoms with van der Waals surface area (Å²) in [6, 6.07) is 9.69. The summed E-state index contributed by atoms with van der Waals surface area (Å²) >= 11 is 0.